The van der Waals surface area contributed by atoms with Crippen LogP contribution in [0.3, 0.4) is 0 Å². The maximum atomic E-state index is 8.63. The van der Waals surface area contributed by atoms with E-state index in [4.69, 9.17) is 9.90 Å². The number of aryl methyl sites for hydroxylation is 3. The van der Waals surface area contributed by atoms with Crippen molar-refractivity contribution in [3.05, 3.63) is 65.2 Å². The van der Waals surface area contributed by atoms with Crippen LogP contribution < -0.4 is 0 Å². The van der Waals surface area contributed by atoms with E-state index < -0.39 is 0 Å². The molecule has 0 radical (unpaired) electrons. The van der Waals surface area contributed by atoms with Crippen LogP contribution >= 0.6 is 0 Å². The van der Waals surface area contributed by atoms with Crippen LogP contribution in [0.2, 0.25) is 0 Å². The summed E-state index contributed by atoms with van der Waals surface area (Å²) in [6.45, 7) is 8.38. The summed E-state index contributed by atoms with van der Waals surface area (Å²) in [5, 5.41) is 8.63. The van der Waals surface area contributed by atoms with Gasteiger partial charge in [-0.2, -0.15) is 0 Å². The van der Waals surface area contributed by atoms with Crippen LogP contribution in [0.25, 0.3) is 0 Å². The molecule has 0 amide bonds. The lowest BCUT2D eigenvalue weighted by molar-refractivity contribution is -0.0979. The average molecular weight is 244 g/mol. The zero-order valence-electron chi connectivity index (χ0n) is 11.2. The number of para-hydroxylation sites is 1. The van der Waals surface area contributed by atoms with Gasteiger partial charge in [-0.1, -0.05) is 53.1 Å². The third kappa shape index (κ3) is 7.23. The molecule has 1 N–H and O–H groups in total. The molecule has 0 bridgehead atoms. The quantitative estimate of drug-likeness (QED) is 0.765. The molecule has 0 atom stereocenters. The molecular weight excluding hydrogens is 224 g/mol. The first-order valence-electron chi connectivity index (χ1n) is 5.66. The molecule has 0 aliphatic heterocycles. The molecule has 0 saturated heterocycles. The van der Waals surface area contributed by atoms with E-state index >= 15 is 0 Å². The van der Waals surface area contributed by atoms with Crippen LogP contribution in [0.4, 0.5) is 0 Å². The minimum absolute atomic E-state index is 0.322. The Morgan fingerprint density at radius 1 is 0.778 bits per heavy atom. The van der Waals surface area contributed by atoms with Crippen molar-refractivity contribution in [2.45, 2.75) is 20.8 Å². The van der Waals surface area contributed by atoms with Gasteiger partial charge in [0.05, 0.1) is 0 Å². The molecule has 2 aromatic carbocycles. The maximum absolute atomic E-state index is 8.63. The lowest BCUT2D eigenvalue weighted by Crippen LogP contribution is -1.78. The van der Waals surface area contributed by atoms with Gasteiger partial charge in [0, 0.05) is 0 Å². The van der Waals surface area contributed by atoms with Crippen LogP contribution in [0, 0.1) is 20.8 Å². The molecule has 2 heteroatoms. The Balaban J connectivity index is 0.000000289. The molecule has 2 nitrogen and oxygen atoms in total. The first kappa shape index (κ1) is 15.9. The molecule has 0 spiro atoms. The van der Waals surface area contributed by atoms with Crippen LogP contribution in [0.15, 0.2) is 48.5 Å². The van der Waals surface area contributed by atoms with Gasteiger partial charge in [0.25, 0.3) is 0 Å². The second-order valence-electron chi connectivity index (χ2n) is 4.00. The number of carbonyl (C=O) groups is 1. The Morgan fingerprint density at radius 2 is 1.11 bits per heavy atom. The van der Waals surface area contributed by atoms with E-state index in [9.17, 15) is 0 Å². The Bertz CT molecular complexity index is 399. The highest BCUT2D eigenvalue weighted by Crippen LogP contribution is 2.06. The highest BCUT2D eigenvalue weighted by atomic mass is 16.3. The van der Waals surface area contributed by atoms with Crippen molar-refractivity contribution in [1.29, 1.82) is 0 Å². The fourth-order valence-corrected chi connectivity index (χ4v) is 1.63. The highest BCUT2D eigenvalue weighted by molar-refractivity contribution is 5.27. The average Bonchev–Trinajstić information content (AvgIpc) is 2.31. The summed E-state index contributed by atoms with van der Waals surface area (Å²) in [6, 6.07) is 15.3. The monoisotopic (exact) mass is 244 g/mol. The van der Waals surface area contributed by atoms with Crippen molar-refractivity contribution >= 4 is 6.79 Å². The van der Waals surface area contributed by atoms with Crippen molar-refractivity contribution in [1.82, 2.24) is 0 Å². The van der Waals surface area contributed by atoms with Crippen molar-refractivity contribution in [3.8, 4) is 5.75 Å². The Labute approximate surface area is 109 Å². The molecule has 0 saturated carbocycles. The third-order valence-corrected chi connectivity index (χ3v) is 2.12. The van der Waals surface area contributed by atoms with Crippen LogP contribution in [0.1, 0.15) is 16.7 Å². The number of hydrogen-bond donors (Lipinski definition) is 1. The molecule has 0 unspecified atom stereocenters. The lowest BCUT2D eigenvalue weighted by atomic mass is 10.1. The zero-order valence-corrected chi connectivity index (χ0v) is 11.2. The summed E-state index contributed by atoms with van der Waals surface area (Å²) < 4.78 is 0. The minimum Gasteiger partial charge on any atom is -0.508 e. The molecule has 96 valence electrons. The smallest absolute Gasteiger partial charge is 0.115 e. The summed E-state index contributed by atoms with van der Waals surface area (Å²) in [4.78, 5) is 8.00. The van der Waals surface area contributed by atoms with E-state index in [1.165, 1.54) is 16.7 Å². The van der Waals surface area contributed by atoms with Gasteiger partial charge in [-0.15, -0.1) is 0 Å². The molecule has 0 aromatic heterocycles. The van der Waals surface area contributed by atoms with E-state index in [1.807, 2.05) is 12.9 Å². The van der Waals surface area contributed by atoms with E-state index in [1.54, 1.807) is 24.3 Å². The first-order chi connectivity index (χ1) is 8.58. The number of hydrogen-bond acceptors (Lipinski definition) is 2. The molecule has 0 aliphatic rings. The van der Waals surface area contributed by atoms with Gasteiger partial charge in [0.15, 0.2) is 0 Å². The Hall–Kier alpha value is -2.09. The summed E-state index contributed by atoms with van der Waals surface area (Å²) in [5.41, 5.74) is 4.06. The van der Waals surface area contributed by atoms with Crippen molar-refractivity contribution < 1.29 is 9.90 Å². The second-order valence-corrected chi connectivity index (χ2v) is 4.00. The zero-order chi connectivity index (χ0) is 14.0. The van der Waals surface area contributed by atoms with E-state index in [0.717, 1.165) is 0 Å². The third-order valence-electron chi connectivity index (χ3n) is 2.12. The Morgan fingerprint density at radius 3 is 1.33 bits per heavy atom. The largest absolute Gasteiger partial charge is 0.508 e. The fraction of sp³-hybridized carbons (Fsp3) is 0.188. The van der Waals surface area contributed by atoms with Gasteiger partial charge in [-0.3, -0.25) is 0 Å². The van der Waals surface area contributed by atoms with Crippen LogP contribution in [-0.2, 0) is 4.79 Å². The van der Waals surface area contributed by atoms with E-state index in [-0.39, 0.29) is 0 Å². The summed E-state index contributed by atoms with van der Waals surface area (Å²) in [5.74, 6) is 0.322. The lowest BCUT2D eigenvalue weighted by Gasteiger charge is -1.96. The van der Waals surface area contributed by atoms with Gasteiger partial charge >= 0.3 is 0 Å². The van der Waals surface area contributed by atoms with E-state index in [2.05, 4.69) is 39.0 Å². The number of carbonyl (C=O) groups excluding carboxylic acids is 1. The number of aromatic hydroxyl groups is 1. The number of phenols is 1. The van der Waals surface area contributed by atoms with Crippen molar-refractivity contribution in [2.75, 3.05) is 0 Å². The highest BCUT2D eigenvalue weighted by Gasteiger charge is 1.87. The van der Waals surface area contributed by atoms with E-state index in [0.29, 0.717) is 5.75 Å². The molecule has 0 heterocycles. The molecular formula is C16H20O2. The summed E-state index contributed by atoms with van der Waals surface area (Å²) >= 11 is 0. The topological polar surface area (TPSA) is 37.3 Å². The summed E-state index contributed by atoms with van der Waals surface area (Å²) in [6.07, 6.45) is 0. The normalized spacial score (nSPS) is 8.39. The molecule has 18 heavy (non-hydrogen) atoms. The van der Waals surface area contributed by atoms with Gasteiger partial charge in [0.1, 0.15) is 12.5 Å². The SMILES string of the molecule is C=O.Cc1cc(C)cc(C)c1.Oc1ccccc1. The molecule has 2 rings (SSSR count). The fourth-order valence-electron chi connectivity index (χ4n) is 1.63. The van der Waals surface area contributed by atoms with Gasteiger partial charge in [0.2, 0.25) is 0 Å². The number of benzene rings is 2. The number of phenolic OH excluding ortho intramolecular Hbond substituents is 1. The van der Waals surface area contributed by atoms with Crippen LogP contribution in [0.5, 0.6) is 5.75 Å². The maximum Gasteiger partial charge on any atom is 0.115 e. The molecule has 0 fully saturated rings. The van der Waals surface area contributed by atoms with Crippen molar-refractivity contribution in [3.63, 3.8) is 0 Å². The summed E-state index contributed by atoms with van der Waals surface area (Å²) in [7, 11) is 0. The van der Waals surface area contributed by atoms with Crippen LogP contribution in [-0.4, -0.2) is 11.9 Å². The standard InChI is InChI=1S/C9H12.C6H6O.CH2O/c1-7-4-8(2)6-9(3)5-7;7-6-4-2-1-3-5-6;1-2/h4-6H,1-3H3;1-5,7H;1H2. The predicted octanol–water partition coefficient (Wildman–Crippen LogP) is 3.82. The Kier molecular flexibility index (Phi) is 7.95. The van der Waals surface area contributed by atoms with Gasteiger partial charge < -0.3 is 9.90 Å². The predicted molar refractivity (Wildman–Crippen MR) is 75.9 cm³/mol. The second kappa shape index (κ2) is 8.99. The minimum atomic E-state index is 0.322. The van der Waals surface area contributed by atoms with Gasteiger partial charge in [-0.05, 0) is 32.9 Å². The van der Waals surface area contributed by atoms with Gasteiger partial charge in [-0.25, -0.2) is 0 Å². The molecule has 0 aliphatic carbocycles. The first-order valence-corrected chi connectivity index (χ1v) is 5.66. The number of rotatable bonds is 0. The van der Waals surface area contributed by atoms with Crippen molar-refractivity contribution in [2.24, 2.45) is 0 Å². The molecule has 2 aromatic rings.